The highest BCUT2D eigenvalue weighted by Gasteiger charge is 2.08. The van der Waals surface area contributed by atoms with Gasteiger partial charge in [-0.05, 0) is 12.3 Å². The van der Waals surface area contributed by atoms with Crippen molar-refractivity contribution in [3.05, 3.63) is 42.0 Å². The molecule has 0 radical (unpaired) electrons. The first-order valence-corrected chi connectivity index (χ1v) is 4.66. The smallest absolute Gasteiger partial charge is 0.128 e. The molecule has 2 rings (SSSR count). The van der Waals surface area contributed by atoms with Crippen molar-refractivity contribution in [3.63, 3.8) is 0 Å². The van der Waals surface area contributed by atoms with E-state index in [0.717, 1.165) is 16.3 Å². The number of hydrogen-bond donors (Lipinski definition) is 2. The van der Waals surface area contributed by atoms with Crippen LogP contribution in [-0.2, 0) is 0 Å². The summed E-state index contributed by atoms with van der Waals surface area (Å²) in [5.41, 5.74) is 6.54. The second-order valence-electron chi connectivity index (χ2n) is 3.51. The van der Waals surface area contributed by atoms with Crippen molar-refractivity contribution in [3.8, 4) is 5.75 Å². The van der Waals surface area contributed by atoms with Crippen LogP contribution >= 0.6 is 0 Å². The van der Waals surface area contributed by atoms with Gasteiger partial charge in [0.1, 0.15) is 5.75 Å². The summed E-state index contributed by atoms with van der Waals surface area (Å²) in [7, 11) is 0. The summed E-state index contributed by atoms with van der Waals surface area (Å²) in [5.74, 6) is 0.304. The van der Waals surface area contributed by atoms with E-state index in [1.807, 2.05) is 43.3 Å². The first-order valence-electron chi connectivity index (χ1n) is 4.66. The summed E-state index contributed by atoms with van der Waals surface area (Å²) >= 11 is 0. The van der Waals surface area contributed by atoms with Crippen LogP contribution in [-0.4, -0.2) is 5.11 Å². The molecule has 3 N–H and O–H groups in total. The van der Waals surface area contributed by atoms with E-state index in [0.29, 0.717) is 5.75 Å². The van der Waals surface area contributed by atoms with Crippen LogP contribution in [0.2, 0.25) is 0 Å². The van der Waals surface area contributed by atoms with Crippen LogP contribution in [0.15, 0.2) is 36.4 Å². The number of benzene rings is 2. The molecule has 0 spiro atoms. The molecule has 2 heteroatoms. The van der Waals surface area contributed by atoms with Crippen LogP contribution in [0, 0.1) is 0 Å². The van der Waals surface area contributed by atoms with Gasteiger partial charge < -0.3 is 10.8 Å². The lowest BCUT2D eigenvalue weighted by atomic mass is 10.0. The van der Waals surface area contributed by atoms with Crippen LogP contribution < -0.4 is 5.73 Å². The molecule has 0 aromatic heterocycles. The summed E-state index contributed by atoms with van der Waals surface area (Å²) in [6.07, 6.45) is 0. The van der Waals surface area contributed by atoms with Gasteiger partial charge in [0, 0.05) is 17.0 Å². The molecule has 0 heterocycles. The second kappa shape index (κ2) is 3.31. The molecule has 14 heavy (non-hydrogen) atoms. The molecule has 2 aromatic carbocycles. The second-order valence-corrected chi connectivity index (χ2v) is 3.51. The molecule has 0 amide bonds. The topological polar surface area (TPSA) is 46.2 Å². The van der Waals surface area contributed by atoms with Gasteiger partial charge in [-0.15, -0.1) is 0 Å². The minimum Gasteiger partial charge on any atom is -0.507 e. The van der Waals surface area contributed by atoms with Crippen molar-refractivity contribution < 1.29 is 5.11 Å². The van der Waals surface area contributed by atoms with E-state index in [9.17, 15) is 5.11 Å². The Morgan fingerprint density at radius 3 is 2.57 bits per heavy atom. The molecule has 72 valence electrons. The van der Waals surface area contributed by atoms with Crippen molar-refractivity contribution in [2.75, 3.05) is 0 Å². The SMILES string of the molecule is C[C@H](N)c1ccc2ccccc2c1O. The summed E-state index contributed by atoms with van der Waals surface area (Å²) < 4.78 is 0. The molecule has 0 aliphatic rings. The Morgan fingerprint density at radius 2 is 1.86 bits per heavy atom. The van der Waals surface area contributed by atoms with Crippen molar-refractivity contribution in [2.24, 2.45) is 5.73 Å². The highest BCUT2D eigenvalue weighted by Crippen LogP contribution is 2.31. The Morgan fingerprint density at radius 1 is 1.14 bits per heavy atom. The third-order valence-corrected chi connectivity index (χ3v) is 2.42. The Hall–Kier alpha value is -1.54. The van der Waals surface area contributed by atoms with Gasteiger partial charge in [0.15, 0.2) is 0 Å². The lowest BCUT2D eigenvalue weighted by Gasteiger charge is -2.10. The van der Waals surface area contributed by atoms with Crippen LogP contribution in [0.4, 0.5) is 0 Å². The largest absolute Gasteiger partial charge is 0.507 e. The van der Waals surface area contributed by atoms with Crippen molar-refractivity contribution in [1.82, 2.24) is 0 Å². The van der Waals surface area contributed by atoms with Crippen molar-refractivity contribution >= 4 is 10.8 Å². The van der Waals surface area contributed by atoms with Crippen LogP contribution in [0.5, 0.6) is 5.75 Å². The third-order valence-electron chi connectivity index (χ3n) is 2.42. The highest BCUT2D eigenvalue weighted by molar-refractivity contribution is 5.89. The zero-order valence-corrected chi connectivity index (χ0v) is 8.07. The maximum atomic E-state index is 9.94. The average Bonchev–Trinajstić information content (AvgIpc) is 2.18. The minimum atomic E-state index is -0.139. The maximum Gasteiger partial charge on any atom is 0.128 e. The Labute approximate surface area is 83.0 Å². The molecule has 2 nitrogen and oxygen atoms in total. The molecule has 1 atom stereocenters. The predicted octanol–water partition coefficient (Wildman–Crippen LogP) is 2.57. The molecule has 0 saturated carbocycles. The van der Waals surface area contributed by atoms with E-state index in [2.05, 4.69) is 0 Å². The Kier molecular flexibility index (Phi) is 2.14. The average molecular weight is 187 g/mol. The monoisotopic (exact) mass is 187 g/mol. The van der Waals surface area contributed by atoms with Gasteiger partial charge >= 0.3 is 0 Å². The molecule has 0 aliphatic carbocycles. The first kappa shape index (κ1) is 9.03. The van der Waals surface area contributed by atoms with E-state index < -0.39 is 0 Å². The van der Waals surface area contributed by atoms with Gasteiger partial charge in [0.2, 0.25) is 0 Å². The number of aromatic hydroxyl groups is 1. The molecule has 2 aromatic rings. The lowest BCUT2D eigenvalue weighted by Crippen LogP contribution is -2.04. The zero-order valence-electron chi connectivity index (χ0n) is 8.07. The standard InChI is InChI=1S/C12H13NO/c1-8(13)10-7-6-9-4-2-3-5-11(9)12(10)14/h2-8,14H,13H2,1H3/t8-/m0/s1. The fourth-order valence-corrected chi connectivity index (χ4v) is 1.64. The third kappa shape index (κ3) is 1.34. The van der Waals surface area contributed by atoms with E-state index in [-0.39, 0.29) is 6.04 Å². The van der Waals surface area contributed by atoms with Crippen LogP contribution in [0.3, 0.4) is 0 Å². The number of rotatable bonds is 1. The summed E-state index contributed by atoms with van der Waals surface area (Å²) in [6, 6.07) is 11.5. The fourth-order valence-electron chi connectivity index (χ4n) is 1.64. The number of hydrogen-bond acceptors (Lipinski definition) is 2. The summed E-state index contributed by atoms with van der Waals surface area (Å²) in [5, 5.41) is 11.8. The normalized spacial score (nSPS) is 13.0. The van der Waals surface area contributed by atoms with Gasteiger partial charge in [-0.3, -0.25) is 0 Å². The molecular formula is C12H13NO. The Bertz CT molecular complexity index is 463. The van der Waals surface area contributed by atoms with E-state index in [1.165, 1.54) is 0 Å². The number of fused-ring (bicyclic) bond motifs is 1. The van der Waals surface area contributed by atoms with Gasteiger partial charge in [-0.1, -0.05) is 36.4 Å². The summed E-state index contributed by atoms with van der Waals surface area (Å²) in [4.78, 5) is 0. The van der Waals surface area contributed by atoms with Crippen molar-refractivity contribution in [2.45, 2.75) is 13.0 Å². The molecule has 0 saturated heterocycles. The minimum absolute atomic E-state index is 0.139. The number of phenols is 1. The Balaban J connectivity index is 2.75. The van der Waals surface area contributed by atoms with Gasteiger partial charge in [0.05, 0.1) is 0 Å². The van der Waals surface area contributed by atoms with Crippen LogP contribution in [0.25, 0.3) is 10.8 Å². The highest BCUT2D eigenvalue weighted by atomic mass is 16.3. The maximum absolute atomic E-state index is 9.94. The van der Waals surface area contributed by atoms with Crippen molar-refractivity contribution in [1.29, 1.82) is 0 Å². The lowest BCUT2D eigenvalue weighted by molar-refractivity contribution is 0.470. The molecule has 0 unspecified atom stereocenters. The van der Waals surface area contributed by atoms with Gasteiger partial charge in [-0.2, -0.15) is 0 Å². The number of phenolic OH excluding ortho intramolecular Hbond substituents is 1. The first-order chi connectivity index (χ1) is 6.70. The molecule has 0 bridgehead atoms. The van der Waals surface area contributed by atoms with Gasteiger partial charge in [0.25, 0.3) is 0 Å². The summed E-state index contributed by atoms with van der Waals surface area (Å²) in [6.45, 7) is 1.86. The zero-order chi connectivity index (χ0) is 10.1. The quantitative estimate of drug-likeness (QED) is 0.720. The molecule has 0 fully saturated rings. The van der Waals surface area contributed by atoms with Crippen LogP contribution in [0.1, 0.15) is 18.5 Å². The molecular weight excluding hydrogens is 174 g/mol. The van der Waals surface area contributed by atoms with E-state index in [1.54, 1.807) is 0 Å². The molecule has 0 aliphatic heterocycles. The predicted molar refractivity (Wildman–Crippen MR) is 58.2 cm³/mol. The fraction of sp³-hybridized carbons (Fsp3) is 0.167. The van der Waals surface area contributed by atoms with Gasteiger partial charge in [-0.25, -0.2) is 0 Å². The number of nitrogens with two attached hydrogens (primary N) is 1. The van der Waals surface area contributed by atoms with E-state index in [4.69, 9.17) is 5.73 Å². The van der Waals surface area contributed by atoms with E-state index >= 15 is 0 Å².